The monoisotopic (exact) mass is 162 g/mol. The Morgan fingerprint density at radius 3 is 2.50 bits per heavy atom. The first-order valence-corrected chi connectivity index (χ1v) is 4.07. The van der Waals surface area contributed by atoms with Crippen LogP contribution in [0.3, 0.4) is 0 Å². The molecule has 4 heteroatoms. The number of Topliss-reactive ketones (excluding diaryl/α,β-unsaturated/α-hetero) is 1. The fourth-order valence-electron chi connectivity index (χ4n) is 0.375. The summed E-state index contributed by atoms with van der Waals surface area (Å²) < 4.78 is 0. The Balaban J connectivity index is 3.06. The second kappa shape index (κ2) is 5.29. The maximum atomic E-state index is 10.3. The Morgan fingerprint density at radius 2 is 2.10 bits per heavy atom. The molecule has 0 aromatic carbocycles. The van der Waals surface area contributed by atoms with Crippen LogP contribution in [0.2, 0.25) is 0 Å². The van der Waals surface area contributed by atoms with Gasteiger partial charge in [-0.1, -0.05) is 0 Å². The number of carboxylic acids is 1. The molecule has 0 heterocycles. The summed E-state index contributed by atoms with van der Waals surface area (Å²) in [4.78, 5) is 20.3. The molecule has 0 saturated carbocycles. The predicted molar refractivity (Wildman–Crippen MR) is 40.3 cm³/mol. The topological polar surface area (TPSA) is 54.4 Å². The zero-order valence-corrected chi connectivity index (χ0v) is 6.61. The highest BCUT2D eigenvalue weighted by Crippen LogP contribution is 2.01. The van der Waals surface area contributed by atoms with Gasteiger partial charge in [0.15, 0.2) is 0 Å². The van der Waals surface area contributed by atoms with Crippen molar-refractivity contribution in [2.75, 3.05) is 11.5 Å². The number of carbonyl (C=O) groups excluding carboxylic acids is 1. The highest BCUT2D eigenvalue weighted by molar-refractivity contribution is 7.99. The van der Waals surface area contributed by atoms with Crippen molar-refractivity contribution in [3.05, 3.63) is 0 Å². The molecule has 0 fully saturated rings. The largest absolute Gasteiger partial charge is 0.481 e. The van der Waals surface area contributed by atoms with Crippen LogP contribution < -0.4 is 0 Å². The van der Waals surface area contributed by atoms with Crippen molar-refractivity contribution in [1.82, 2.24) is 0 Å². The van der Waals surface area contributed by atoms with Crippen molar-refractivity contribution in [1.29, 1.82) is 0 Å². The predicted octanol–water partition coefficient (Wildman–Crippen LogP) is 0.783. The highest BCUT2D eigenvalue weighted by Gasteiger charge is 1.97. The third-order valence-corrected chi connectivity index (χ3v) is 1.77. The van der Waals surface area contributed by atoms with Crippen LogP contribution in [0.4, 0.5) is 0 Å². The van der Waals surface area contributed by atoms with E-state index in [1.807, 2.05) is 0 Å². The van der Waals surface area contributed by atoms with Crippen LogP contribution in [-0.2, 0) is 9.59 Å². The molecule has 0 rings (SSSR count). The number of aliphatic carboxylic acids is 1. The summed E-state index contributed by atoms with van der Waals surface area (Å²) in [5.74, 6) is -0.0130. The average molecular weight is 162 g/mol. The van der Waals surface area contributed by atoms with E-state index in [0.29, 0.717) is 12.2 Å². The number of carboxylic acid groups (broad SMARTS) is 1. The molecule has 58 valence electrons. The smallest absolute Gasteiger partial charge is 0.313 e. The number of rotatable bonds is 5. The van der Waals surface area contributed by atoms with E-state index in [1.54, 1.807) is 0 Å². The minimum absolute atomic E-state index is 0.0906. The Hall–Kier alpha value is -0.510. The van der Waals surface area contributed by atoms with Crippen LogP contribution in [0.1, 0.15) is 13.3 Å². The summed E-state index contributed by atoms with van der Waals surface area (Å²) in [7, 11) is 0. The fourth-order valence-corrected chi connectivity index (χ4v) is 1.13. The van der Waals surface area contributed by atoms with Gasteiger partial charge in [-0.3, -0.25) is 9.59 Å². The normalized spacial score (nSPS) is 9.30. The Kier molecular flexibility index (Phi) is 5.02. The summed E-state index contributed by atoms with van der Waals surface area (Å²) >= 11 is 1.27. The molecule has 0 aromatic rings. The maximum Gasteiger partial charge on any atom is 0.313 e. The van der Waals surface area contributed by atoms with E-state index >= 15 is 0 Å². The van der Waals surface area contributed by atoms with Gasteiger partial charge in [0.25, 0.3) is 0 Å². The molecule has 0 saturated heterocycles. The first kappa shape index (κ1) is 9.49. The van der Waals surface area contributed by atoms with E-state index in [1.165, 1.54) is 18.7 Å². The van der Waals surface area contributed by atoms with Crippen LogP contribution in [-0.4, -0.2) is 28.4 Å². The number of hydrogen-bond acceptors (Lipinski definition) is 3. The fraction of sp³-hybridized carbons (Fsp3) is 0.667. The van der Waals surface area contributed by atoms with Crippen LogP contribution in [0.15, 0.2) is 0 Å². The van der Waals surface area contributed by atoms with E-state index in [4.69, 9.17) is 5.11 Å². The first-order chi connectivity index (χ1) is 4.63. The van der Waals surface area contributed by atoms with E-state index in [-0.39, 0.29) is 11.5 Å². The Labute approximate surface area is 63.8 Å². The number of carbonyl (C=O) groups is 2. The second-order valence-corrected chi connectivity index (χ2v) is 3.00. The van der Waals surface area contributed by atoms with Crippen molar-refractivity contribution < 1.29 is 14.7 Å². The lowest BCUT2D eigenvalue weighted by Gasteiger charge is -1.93. The second-order valence-electron chi connectivity index (χ2n) is 1.90. The van der Waals surface area contributed by atoms with Crippen LogP contribution in [0, 0.1) is 0 Å². The van der Waals surface area contributed by atoms with Gasteiger partial charge in [-0.25, -0.2) is 0 Å². The zero-order valence-electron chi connectivity index (χ0n) is 5.79. The average Bonchev–Trinajstić information content (AvgIpc) is 1.79. The van der Waals surface area contributed by atoms with Crippen molar-refractivity contribution in [3.8, 4) is 0 Å². The van der Waals surface area contributed by atoms with Crippen molar-refractivity contribution in [2.24, 2.45) is 0 Å². The zero-order chi connectivity index (χ0) is 7.98. The summed E-state index contributed by atoms with van der Waals surface area (Å²) in [6.45, 7) is 1.50. The van der Waals surface area contributed by atoms with Crippen molar-refractivity contribution >= 4 is 23.5 Å². The summed E-state index contributed by atoms with van der Waals surface area (Å²) in [5, 5.41) is 8.17. The van der Waals surface area contributed by atoms with Crippen LogP contribution >= 0.6 is 11.8 Å². The van der Waals surface area contributed by atoms with Gasteiger partial charge < -0.3 is 5.11 Å². The first-order valence-electron chi connectivity index (χ1n) is 2.92. The third-order valence-electron chi connectivity index (χ3n) is 0.824. The quantitative estimate of drug-likeness (QED) is 0.607. The maximum absolute atomic E-state index is 10.3. The van der Waals surface area contributed by atoms with E-state index in [0.717, 1.165) is 0 Å². The molecule has 10 heavy (non-hydrogen) atoms. The van der Waals surface area contributed by atoms with Gasteiger partial charge in [0.1, 0.15) is 5.78 Å². The molecular formula is C6H10O3S. The van der Waals surface area contributed by atoms with Gasteiger partial charge in [0, 0.05) is 12.2 Å². The van der Waals surface area contributed by atoms with Gasteiger partial charge in [0.05, 0.1) is 5.75 Å². The molecule has 0 aliphatic rings. The molecular weight excluding hydrogens is 152 g/mol. The molecule has 0 aliphatic heterocycles. The molecule has 0 spiro atoms. The lowest BCUT2D eigenvalue weighted by Crippen LogP contribution is -2.00. The summed E-state index contributed by atoms with van der Waals surface area (Å²) in [5.41, 5.74) is 0. The Morgan fingerprint density at radius 1 is 1.50 bits per heavy atom. The molecule has 0 unspecified atom stereocenters. The standard InChI is InChI=1S/C6H10O3S/c1-5(7)2-3-10-4-6(8)9/h2-4H2,1H3,(H,8,9). The minimum Gasteiger partial charge on any atom is -0.481 e. The Bertz CT molecular complexity index is 117. The summed E-state index contributed by atoms with van der Waals surface area (Å²) in [6.07, 6.45) is 0.470. The number of ketones is 1. The van der Waals surface area contributed by atoms with Gasteiger partial charge >= 0.3 is 5.97 Å². The third kappa shape index (κ3) is 7.49. The molecule has 3 nitrogen and oxygen atoms in total. The molecule has 0 bridgehead atoms. The minimum atomic E-state index is -0.825. The van der Waals surface area contributed by atoms with Crippen molar-refractivity contribution in [2.45, 2.75) is 13.3 Å². The molecule has 0 radical (unpaired) electrons. The van der Waals surface area contributed by atoms with Gasteiger partial charge in [-0.2, -0.15) is 0 Å². The lowest BCUT2D eigenvalue weighted by atomic mass is 10.4. The molecule has 0 aromatic heterocycles. The van der Waals surface area contributed by atoms with E-state index in [2.05, 4.69) is 0 Å². The number of hydrogen-bond donors (Lipinski definition) is 1. The van der Waals surface area contributed by atoms with E-state index < -0.39 is 5.97 Å². The SMILES string of the molecule is CC(=O)CCSCC(=O)O. The van der Waals surface area contributed by atoms with Gasteiger partial charge in [-0.05, 0) is 6.92 Å². The van der Waals surface area contributed by atoms with Crippen LogP contribution in [0.5, 0.6) is 0 Å². The van der Waals surface area contributed by atoms with Gasteiger partial charge in [-0.15, -0.1) is 11.8 Å². The molecule has 0 atom stereocenters. The molecule has 0 amide bonds. The van der Waals surface area contributed by atoms with Crippen molar-refractivity contribution in [3.63, 3.8) is 0 Å². The molecule has 0 aliphatic carbocycles. The number of thioether (sulfide) groups is 1. The van der Waals surface area contributed by atoms with E-state index in [9.17, 15) is 9.59 Å². The lowest BCUT2D eigenvalue weighted by molar-refractivity contribution is -0.134. The van der Waals surface area contributed by atoms with Gasteiger partial charge in [0.2, 0.25) is 0 Å². The summed E-state index contributed by atoms with van der Waals surface area (Å²) in [6, 6.07) is 0. The molecule has 1 N–H and O–H groups in total. The highest BCUT2D eigenvalue weighted by atomic mass is 32.2. The van der Waals surface area contributed by atoms with Crippen LogP contribution in [0.25, 0.3) is 0 Å².